The minimum absolute atomic E-state index is 0.240. The van der Waals surface area contributed by atoms with E-state index in [2.05, 4.69) is 54.0 Å². The highest BCUT2D eigenvalue weighted by molar-refractivity contribution is 6.08. The van der Waals surface area contributed by atoms with Crippen LogP contribution in [0.25, 0.3) is 16.6 Å². The molecule has 0 radical (unpaired) electrons. The Morgan fingerprint density at radius 2 is 1.98 bits per heavy atom. The van der Waals surface area contributed by atoms with Crippen LogP contribution in [0, 0.1) is 6.92 Å². The molecule has 6 rings (SSSR count). The molecule has 10 nitrogen and oxygen atoms in total. The topological polar surface area (TPSA) is 92.8 Å². The van der Waals surface area contributed by atoms with Crippen molar-refractivity contribution in [2.24, 2.45) is 0 Å². The first-order valence-electron chi connectivity index (χ1n) is 15.0. The third-order valence-corrected chi connectivity index (χ3v) is 8.37. The zero-order valence-corrected chi connectivity index (χ0v) is 25.6. The minimum atomic E-state index is -0.240. The predicted molar refractivity (Wildman–Crippen MR) is 169 cm³/mol. The molecule has 0 bridgehead atoms. The SMILES string of the molecule is Cc1nn(Cc2cccc(C(C)C)n2)c2cccc(NC(=O)c3cnc4cc(OCCN5CCN(C)[C@@H](C)C5)ccn34)c12. The third kappa shape index (κ3) is 6.11. The molecule has 43 heavy (non-hydrogen) atoms. The molecule has 0 spiro atoms. The van der Waals surface area contributed by atoms with Crippen LogP contribution >= 0.6 is 0 Å². The molecular weight excluding hydrogens is 540 g/mol. The van der Waals surface area contributed by atoms with Gasteiger partial charge in [0.15, 0.2) is 0 Å². The average molecular weight is 581 g/mol. The second-order valence-corrected chi connectivity index (χ2v) is 11.8. The summed E-state index contributed by atoms with van der Waals surface area (Å²) >= 11 is 0. The molecule has 5 heterocycles. The van der Waals surface area contributed by atoms with Crippen molar-refractivity contribution in [3.05, 3.63) is 83.7 Å². The Hall–Kier alpha value is -4.28. The van der Waals surface area contributed by atoms with Crippen molar-refractivity contribution in [3.8, 4) is 5.75 Å². The van der Waals surface area contributed by atoms with Crippen LogP contribution in [-0.2, 0) is 6.54 Å². The second kappa shape index (κ2) is 12.1. The standard InChI is InChI=1S/C33H40N8O2/c1-22(2)27-9-6-8-25(35-27)21-41-29-11-7-10-28(32(29)24(4)37-41)36-33(42)30-19-34-31-18-26(12-13-40(30)31)43-17-16-39-15-14-38(5)23(3)20-39/h6-13,18-19,22-23H,14-17,20-21H2,1-5H3,(H,36,42)/t23-/m0/s1. The normalized spacial score (nSPS) is 16.4. The lowest BCUT2D eigenvalue weighted by molar-refractivity contribution is 0.0928. The van der Waals surface area contributed by atoms with Gasteiger partial charge >= 0.3 is 0 Å². The summed E-state index contributed by atoms with van der Waals surface area (Å²) in [6.07, 6.45) is 3.44. The number of pyridine rings is 2. The number of hydrogen-bond donors (Lipinski definition) is 1. The molecular formula is C33H40N8O2. The molecule has 0 aliphatic carbocycles. The monoisotopic (exact) mass is 580 g/mol. The first kappa shape index (κ1) is 28.8. The molecule has 1 atom stereocenters. The lowest BCUT2D eigenvalue weighted by Crippen LogP contribution is -2.50. The Kier molecular flexibility index (Phi) is 8.14. The van der Waals surface area contributed by atoms with Crippen molar-refractivity contribution in [2.45, 2.75) is 46.2 Å². The number of piperazine rings is 1. The van der Waals surface area contributed by atoms with Gasteiger partial charge in [-0.1, -0.05) is 26.0 Å². The number of rotatable bonds is 9. The van der Waals surface area contributed by atoms with E-state index >= 15 is 0 Å². The maximum atomic E-state index is 13.5. The first-order valence-corrected chi connectivity index (χ1v) is 15.0. The smallest absolute Gasteiger partial charge is 0.274 e. The van der Waals surface area contributed by atoms with Gasteiger partial charge in [-0.15, -0.1) is 0 Å². The van der Waals surface area contributed by atoms with Gasteiger partial charge in [0.2, 0.25) is 0 Å². The van der Waals surface area contributed by atoms with Crippen LogP contribution in [0.1, 0.15) is 54.3 Å². The summed E-state index contributed by atoms with van der Waals surface area (Å²) in [5, 5.41) is 8.82. The number of anilines is 1. The summed E-state index contributed by atoms with van der Waals surface area (Å²) in [4.78, 5) is 27.6. The number of likely N-dealkylation sites (N-methyl/N-ethyl adjacent to an activating group) is 1. The van der Waals surface area contributed by atoms with E-state index in [-0.39, 0.29) is 5.91 Å². The van der Waals surface area contributed by atoms with Gasteiger partial charge in [0.1, 0.15) is 23.7 Å². The Labute approximate surface area is 252 Å². The van der Waals surface area contributed by atoms with Crippen LogP contribution in [0.15, 0.2) is 60.9 Å². The average Bonchev–Trinajstić information content (AvgIpc) is 3.56. The summed E-state index contributed by atoms with van der Waals surface area (Å²) < 4.78 is 9.78. The zero-order valence-electron chi connectivity index (χ0n) is 25.6. The Bertz CT molecular complexity index is 1760. The maximum absolute atomic E-state index is 13.5. The Balaban J connectivity index is 1.15. The first-order chi connectivity index (χ1) is 20.8. The van der Waals surface area contributed by atoms with Crippen LogP contribution in [0.3, 0.4) is 0 Å². The molecule has 1 fully saturated rings. The second-order valence-electron chi connectivity index (χ2n) is 11.8. The molecule has 1 saturated heterocycles. The van der Waals surface area contributed by atoms with Crippen molar-refractivity contribution in [3.63, 3.8) is 0 Å². The van der Waals surface area contributed by atoms with Crippen LogP contribution in [0.5, 0.6) is 5.75 Å². The summed E-state index contributed by atoms with van der Waals surface area (Å²) in [7, 11) is 2.18. The fraction of sp³-hybridized carbons (Fsp3) is 0.394. The van der Waals surface area contributed by atoms with Gasteiger partial charge in [0.25, 0.3) is 5.91 Å². The zero-order chi connectivity index (χ0) is 30.1. The number of carbonyl (C=O) groups excluding carboxylic acids is 1. The molecule has 1 aromatic carbocycles. The van der Waals surface area contributed by atoms with Crippen LogP contribution in [0.2, 0.25) is 0 Å². The number of fused-ring (bicyclic) bond motifs is 2. The molecule has 5 aromatic rings. The lowest BCUT2D eigenvalue weighted by atomic mass is 10.1. The Morgan fingerprint density at radius 3 is 2.79 bits per heavy atom. The molecule has 1 amide bonds. The van der Waals surface area contributed by atoms with Gasteiger partial charge < -0.3 is 15.0 Å². The van der Waals surface area contributed by atoms with E-state index in [1.165, 1.54) is 0 Å². The van der Waals surface area contributed by atoms with Crippen LogP contribution in [-0.4, -0.2) is 85.7 Å². The van der Waals surface area contributed by atoms with E-state index in [1.54, 1.807) is 10.6 Å². The molecule has 224 valence electrons. The van der Waals surface area contributed by atoms with E-state index in [0.717, 1.165) is 59.9 Å². The quantitative estimate of drug-likeness (QED) is 0.267. The van der Waals surface area contributed by atoms with Crippen molar-refractivity contribution < 1.29 is 9.53 Å². The van der Waals surface area contributed by atoms with Crippen molar-refractivity contribution in [1.82, 2.24) is 33.9 Å². The number of benzene rings is 1. The molecule has 1 N–H and O–H groups in total. The van der Waals surface area contributed by atoms with Crippen LogP contribution < -0.4 is 10.1 Å². The van der Waals surface area contributed by atoms with E-state index in [0.29, 0.717) is 42.1 Å². The summed E-state index contributed by atoms with van der Waals surface area (Å²) in [5.41, 5.74) is 5.62. The third-order valence-electron chi connectivity index (χ3n) is 8.37. The van der Waals surface area contributed by atoms with Crippen molar-refractivity contribution in [1.29, 1.82) is 0 Å². The minimum Gasteiger partial charge on any atom is -0.492 e. The molecule has 1 aliphatic rings. The molecule has 4 aromatic heterocycles. The van der Waals surface area contributed by atoms with E-state index in [4.69, 9.17) is 14.8 Å². The number of ether oxygens (including phenoxy) is 1. The number of amides is 1. The number of hydrogen-bond acceptors (Lipinski definition) is 7. The highest BCUT2D eigenvalue weighted by Crippen LogP contribution is 2.28. The number of nitrogens with one attached hydrogen (secondary N) is 1. The van der Waals surface area contributed by atoms with Crippen LogP contribution in [0.4, 0.5) is 5.69 Å². The summed E-state index contributed by atoms with van der Waals surface area (Å²) in [6, 6.07) is 16.3. The highest BCUT2D eigenvalue weighted by Gasteiger charge is 2.21. The van der Waals surface area contributed by atoms with Gasteiger partial charge in [-0.3, -0.25) is 23.8 Å². The van der Waals surface area contributed by atoms with Gasteiger partial charge in [0, 0.05) is 55.6 Å². The van der Waals surface area contributed by atoms with E-state index < -0.39 is 0 Å². The molecule has 1 aliphatic heterocycles. The largest absolute Gasteiger partial charge is 0.492 e. The Morgan fingerprint density at radius 1 is 1.14 bits per heavy atom. The molecule has 10 heteroatoms. The van der Waals surface area contributed by atoms with Crippen molar-refractivity contribution in [2.75, 3.05) is 45.2 Å². The molecule has 0 unspecified atom stereocenters. The van der Waals surface area contributed by atoms with E-state index in [1.807, 2.05) is 60.3 Å². The number of aryl methyl sites for hydroxylation is 1. The number of imidazole rings is 1. The van der Waals surface area contributed by atoms with Gasteiger partial charge in [0.05, 0.1) is 35.3 Å². The number of nitrogens with zero attached hydrogens (tertiary/aromatic N) is 7. The number of aromatic nitrogens is 5. The summed E-state index contributed by atoms with van der Waals surface area (Å²) in [6.45, 7) is 13.7. The summed E-state index contributed by atoms with van der Waals surface area (Å²) in [5.74, 6) is 0.859. The highest BCUT2D eigenvalue weighted by atomic mass is 16.5. The fourth-order valence-corrected chi connectivity index (χ4v) is 5.73. The number of carbonyl (C=O) groups is 1. The van der Waals surface area contributed by atoms with Crippen molar-refractivity contribution >= 4 is 28.1 Å². The predicted octanol–water partition coefficient (Wildman–Crippen LogP) is 4.83. The van der Waals surface area contributed by atoms with Gasteiger partial charge in [-0.25, -0.2) is 4.98 Å². The lowest BCUT2D eigenvalue weighted by Gasteiger charge is -2.37. The maximum Gasteiger partial charge on any atom is 0.274 e. The van der Waals surface area contributed by atoms with E-state index in [9.17, 15) is 4.79 Å². The molecule has 0 saturated carbocycles. The fourth-order valence-electron chi connectivity index (χ4n) is 5.73. The van der Waals surface area contributed by atoms with Gasteiger partial charge in [-0.2, -0.15) is 5.10 Å². The van der Waals surface area contributed by atoms with Gasteiger partial charge in [-0.05, 0) is 57.1 Å².